The van der Waals surface area contributed by atoms with Gasteiger partial charge < -0.3 is 19.1 Å². The van der Waals surface area contributed by atoms with Gasteiger partial charge in [-0.05, 0) is 37.5 Å². The minimum Gasteiger partial charge on any atom is -0.388 e. The summed E-state index contributed by atoms with van der Waals surface area (Å²) in [6.45, 7) is 2.70. The fourth-order valence-corrected chi connectivity index (χ4v) is 5.07. The van der Waals surface area contributed by atoms with Crippen LogP contribution in [0.3, 0.4) is 0 Å². The van der Waals surface area contributed by atoms with Crippen molar-refractivity contribution in [2.24, 2.45) is 0 Å². The van der Waals surface area contributed by atoms with Gasteiger partial charge in [-0.1, -0.05) is 53.2 Å². The Morgan fingerprint density at radius 1 is 1.21 bits per heavy atom. The second kappa shape index (κ2) is 8.65. The fraction of sp³-hybridized carbons (Fsp3) is 0.320. The number of carbonyl (C=O) groups is 1. The molecule has 8 heteroatoms. The molecule has 4 aromatic rings. The van der Waals surface area contributed by atoms with E-state index in [-0.39, 0.29) is 23.9 Å². The first-order chi connectivity index (χ1) is 16.0. The number of carbonyl (C=O) groups excluding carboxylic acids is 1. The molecule has 2 aromatic carbocycles. The van der Waals surface area contributed by atoms with Crippen molar-refractivity contribution in [1.29, 1.82) is 0 Å². The zero-order chi connectivity index (χ0) is 23.1. The Balaban J connectivity index is 1.49. The number of fused-ring (bicyclic) bond motifs is 3. The molecule has 0 aliphatic carbocycles. The van der Waals surface area contributed by atoms with Gasteiger partial charge in [-0.15, -0.1) is 0 Å². The molecule has 1 aliphatic rings. The number of pyridine rings is 1. The van der Waals surface area contributed by atoms with Crippen LogP contribution in [0.15, 0.2) is 57.8 Å². The molecule has 7 nitrogen and oxygen atoms in total. The number of amides is 1. The number of benzene rings is 2. The van der Waals surface area contributed by atoms with Crippen molar-refractivity contribution in [3.63, 3.8) is 0 Å². The molecule has 0 bridgehead atoms. The summed E-state index contributed by atoms with van der Waals surface area (Å²) in [4.78, 5) is 28.3. The van der Waals surface area contributed by atoms with Crippen LogP contribution in [0.2, 0.25) is 5.02 Å². The summed E-state index contributed by atoms with van der Waals surface area (Å²) in [5.41, 5.74) is 1.66. The fourth-order valence-electron chi connectivity index (χ4n) is 4.81. The molecule has 0 saturated carbocycles. The van der Waals surface area contributed by atoms with Crippen LogP contribution in [-0.4, -0.2) is 38.7 Å². The summed E-state index contributed by atoms with van der Waals surface area (Å²) < 4.78 is 7.07. The number of halogens is 1. The van der Waals surface area contributed by atoms with Crippen molar-refractivity contribution < 1.29 is 14.4 Å². The minimum absolute atomic E-state index is 0.00199. The highest BCUT2D eigenvalue weighted by molar-refractivity contribution is 6.37. The van der Waals surface area contributed by atoms with Gasteiger partial charge in [0.15, 0.2) is 0 Å². The van der Waals surface area contributed by atoms with E-state index in [1.165, 1.54) is 0 Å². The lowest BCUT2D eigenvalue weighted by molar-refractivity contribution is -0.135. The largest absolute Gasteiger partial charge is 0.388 e. The number of hydrogen-bond donors (Lipinski definition) is 1. The zero-order valence-electron chi connectivity index (χ0n) is 18.2. The summed E-state index contributed by atoms with van der Waals surface area (Å²) in [6, 6.07) is 14.4. The molecular formula is C25H24ClN3O4. The number of nitrogens with zero attached hydrogens (tertiary/aromatic N) is 3. The normalized spacial score (nSPS) is 17.5. The van der Waals surface area contributed by atoms with Gasteiger partial charge in [0.1, 0.15) is 16.7 Å². The Bertz CT molecular complexity index is 1400. The van der Waals surface area contributed by atoms with Crippen LogP contribution in [-0.2, 0) is 4.79 Å². The standard InChI is InChI=1S/C25H24ClN3O4/c1-15-22-24(27-33-15)23-18(26)10-5-11-19(23)29(25(22)32)17-9-6-12-28(14-17)21(31)13-20(30)16-7-3-2-4-8-16/h2-5,7-8,10-11,17,20,30H,6,9,12-14H2,1H3. The Labute approximate surface area is 195 Å². The van der Waals surface area contributed by atoms with Crippen LogP contribution in [0, 0.1) is 6.92 Å². The molecule has 170 valence electrons. The first-order valence-electron chi connectivity index (χ1n) is 11.0. The SMILES string of the molecule is Cc1onc2c1c(=O)n(C1CCCN(C(=O)CC(O)c3ccccc3)C1)c1cccc(Cl)c21. The number of hydrogen-bond acceptors (Lipinski definition) is 5. The van der Waals surface area contributed by atoms with E-state index in [0.29, 0.717) is 51.2 Å². The maximum Gasteiger partial charge on any atom is 0.264 e. The number of likely N-dealkylation sites (tertiary alicyclic amines) is 1. The highest BCUT2D eigenvalue weighted by Crippen LogP contribution is 2.33. The molecule has 5 rings (SSSR count). The van der Waals surface area contributed by atoms with Crippen LogP contribution in [0.25, 0.3) is 21.8 Å². The molecule has 2 aromatic heterocycles. The number of rotatable bonds is 4. The Kier molecular flexibility index (Phi) is 5.68. The smallest absolute Gasteiger partial charge is 0.264 e. The third kappa shape index (κ3) is 3.81. The topological polar surface area (TPSA) is 88.6 Å². The lowest BCUT2D eigenvalue weighted by Crippen LogP contribution is -2.43. The van der Waals surface area contributed by atoms with Gasteiger partial charge in [0.2, 0.25) is 5.91 Å². The molecule has 0 radical (unpaired) electrons. The lowest BCUT2D eigenvalue weighted by atomic mass is 10.0. The molecule has 2 atom stereocenters. The number of aryl methyl sites for hydroxylation is 1. The first kappa shape index (κ1) is 21.7. The Hall–Kier alpha value is -3.16. The second-order valence-electron chi connectivity index (χ2n) is 8.54. The maximum atomic E-state index is 13.6. The number of aliphatic hydroxyl groups excluding tert-OH is 1. The maximum absolute atomic E-state index is 13.6. The molecule has 1 fully saturated rings. The molecule has 2 unspecified atom stereocenters. The molecule has 1 saturated heterocycles. The molecule has 1 N–H and O–H groups in total. The van der Waals surface area contributed by atoms with Crippen LogP contribution < -0.4 is 5.56 Å². The Morgan fingerprint density at radius 3 is 2.79 bits per heavy atom. The third-order valence-electron chi connectivity index (χ3n) is 6.45. The Morgan fingerprint density at radius 2 is 2.00 bits per heavy atom. The van der Waals surface area contributed by atoms with Gasteiger partial charge in [0, 0.05) is 18.5 Å². The van der Waals surface area contributed by atoms with E-state index in [1.54, 1.807) is 28.5 Å². The minimum atomic E-state index is -0.863. The van der Waals surface area contributed by atoms with E-state index in [4.69, 9.17) is 16.1 Å². The third-order valence-corrected chi connectivity index (χ3v) is 6.77. The van der Waals surface area contributed by atoms with Gasteiger partial charge in [0.05, 0.1) is 29.1 Å². The van der Waals surface area contributed by atoms with Crippen LogP contribution in [0.4, 0.5) is 0 Å². The van der Waals surface area contributed by atoms with E-state index in [1.807, 2.05) is 36.4 Å². The molecule has 1 aliphatic heterocycles. The lowest BCUT2D eigenvalue weighted by Gasteiger charge is -2.35. The summed E-state index contributed by atoms with van der Waals surface area (Å²) >= 11 is 6.51. The predicted molar refractivity (Wildman–Crippen MR) is 126 cm³/mol. The average molecular weight is 466 g/mol. The van der Waals surface area contributed by atoms with E-state index < -0.39 is 6.10 Å². The highest BCUT2D eigenvalue weighted by Gasteiger charge is 2.29. The van der Waals surface area contributed by atoms with E-state index in [2.05, 4.69) is 5.16 Å². The van der Waals surface area contributed by atoms with Crippen molar-refractivity contribution in [3.8, 4) is 0 Å². The highest BCUT2D eigenvalue weighted by atomic mass is 35.5. The number of piperidine rings is 1. The van der Waals surface area contributed by atoms with Gasteiger partial charge in [0.25, 0.3) is 5.56 Å². The van der Waals surface area contributed by atoms with E-state index >= 15 is 0 Å². The molecule has 3 heterocycles. The van der Waals surface area contributed by atoms with Gasteiger partial charge >= 0.3 is 0 Å². The molecular weight excluding hydrogens is 442 g/mol. The molecule has 1 amide bonds. The summed E-state index contributed by atoms with van der Waals surface area (Å²) in [5.74, 6) is 0.314. The van der Waals surface area contributed by atoms with Crippen molar-refractivity contribution in [1.82, 2.24) is 14.6 Å². The van der Waals surface area contributed by atoms with E-state index in [9.17, 15) is 14.7 Å². The summed E-state index contributed by atoms with van der Waals surface area (Å²) in [6.07, 6.45) is 0.648. The quantitative estimate of drug-likeness (QED) is 0.482. The first-order valence-corrected chi connectivity index (χ1v) is 11.4. The van der Waals surface area contributed by atoms with Gasteiger partial charge in [-0.2, -0.15) is 0 Å². The summed E-state index contributed by atoms with van der Waals surface area (Å²) in [7, 11) is 0. The second-order valence-corrected chi connectivity index (χ2v) is 8.95. The average Bonchev–Trinajstić information content (AvgIpc) is 3.21. The van der Waals surface area contributed by atoms with Crippen molar-refractivity contribution >= 4 is 39.3 Å². The van der Waals surface area contributed by atoms with E-state index in [0.717, 1.165) is 12.8 Å². The van der Waals surface area contributed by atoms with Gasteiger partial charge in [-0.25, -0.2) is 0 Å². The van der Waals surface area contributed by atoms with Crippen LogP contribution in [0.1, 0.15) is 42.7 Å². The van der Waals surface area contributed by atoms with Crippen LogP contribution in [0.5, 0.6) is 0 Å². The molecule has 0 spiro atoms. The summed E-state index contributed by atoms with van der Waals surface area (Å²) in [5, 5.41) is 16.2. The number of aromatic nitrogens is 2. The van der Waals surface area contributed by atoms with Gasteiger partial charge in [-0.3, -0.25) is 9.59 Å². The van der Waals surface area contributed by atoms with Crippen molar-refractivity contribution in [2.75, 3.05) is 13.1 Å². The predicted octanol–water partition coefficient (Wildman–Crippen LogP) is 4.39. The van der Waals surface area contributed by atoms with Crippen molar-refractivity contribution in [3.05, 3.63) is 75.2 Å². The van der Waals surface area contributed by atoms with Crippen LogP contribution >= 0.6 is 11.6 Å². The number of aliphatic hydroxyl groups is 1. The van der Waals surface area contributed by atoms with Crippen molar-refractivity contribution in [2.45, 2.75) is 38.3 Å². The zero-order valence-corrected chi connectivity index (χ0v) is 19.0. The molecule has 33 heavy (non-hydrogen) atoms. The monoisotopic (exact) mass is 465 g/mol.